The minimum Gasteiger partial charge on any atom is -0.309 e. The molecule has 0 saturated heterocycles. The molecule has 0 spiro atoms. The third kappa shape index (κ3) is 3.81. The highest BCUT2D eigenvalue weighted by Gasteiger charge is 2.22. The van der Waals surface area contributed by atoms with Gasteiger partial charge in [-0.3, -0.25) is 4.79 Å². The molecule has 1 rings (SSSR count). The monoisotopic (exact) mass is 279 g/mol. The number of hydrogen-bond donors (Lipinski definition) is 0. The average Bonchev–Trinajstić information content (AvgIpc) is 2.45. The highest BCUT2D eigenvalue weighted by Crippen LogP contribution is 2.25. The van der Waals surface area contributed by atoms with E-state index < -0.39 is 0 Å². The zero-order chi connectivity index (χ0) is 15.1. The largest absolute Gasteiger partial charge is 0.309 e. The topological polar surface area (TPSA) is 20.3 Å². The van der Waals surface area contributed by atoms with Crippen molar-refractivity contribution in [1.82, 2.24) is 0 Å². The molecule has 0 aromatic heterocycles. The first kappa shape index (κ1) is 16.7. The van der Waals surface area contributed by atoms with E-state index in [0.717, 1.165) is 24.9 Å². The molecule has 1 aromatic rings. The molecule has 0 radical (unpaired) electrons. The van der Waals surface area contributed by atoms with Crippen molar-refractivity contribution in [3.63, 3.8) is 0 Å². The van der Waals surface area contributed by atoms with Crippen LogP contribution in [0.1, 0.15) is 58.9 Å². The number of amides is 1. The lowest BCUT2D eigenvalue weighted by Crippen LogP contribution is -2.39. The predicted octanol–water partition coefficient (Wildman–Crippen LogP) is 4.71. The van der Waals surface area contributed by atoms with Crippen LogP contribution in [-0.2, 0) is 11.2 Å². The van der Waals surface area contributed by atoms with Gasteiger partial charge in [0, 0.05) is 18.2 Å². The maximum Gasteiger partial charge on any atom is 0.227 e. The Bertz CT molecular complexity index is 441. The first-order valence-electron chi connectivity index (χ1n) is 7.69. The van der Waals surface area contributed by atoms with E-state index in [9.17, 15) is 9.18 Å². The second-order valence-corrected chi connectivity index (χ2v) is 5.11. The van der Waals surface area contributed by atoms with Gasteiger partial charge in [0.15, 0.2) is 0 Å². The van der Waals surface area contributed by atoms with Crippen molar-refractivity contribution in [3.8, 4) is 0 Å². The van der Waals surface area contributed by atoms with E-state index in [0.29, 0.717) is 18.4 Å². The zero-order valence-corrected chi connectivity index (χ0v) is 13.1. The van der Waals surface area contributed by atoms with Gasteiger partial charge in [0.1, 0.15) is 5.82 Å². The van der Waals surface area contributed by atoms with Gasteiger partial charge in [-0.2, -0.15) is 0 Å². The Balaban J connectivity index is 3.18. The van der Waals surface area contributed by atoms with Crippen molar-refractivity contribution in [2.75, 3.05) is 4.90 Å². The van der Waals surface area contributed by atoms with Crippen LogP contribution in [0.4, 0.5) is 10.1 Å². The highest BCUT2D eigenvalue weighted by atomic mass is 19.1. The molecule has 20 heavy (non-hydrogen) atoms. The summed E-state index contributed by atoms with van der Waals surface area (Å²) in [4.78, 5) is 14.3. The van der Waals surface area contributed by atoms with Gasteiger partial charge in [0.2, 0.25) is 5.91 Å². The first-order chi connectivity index (χ1) is 9.58. The number of hydrogen-bond acceptors (Lipinski definition) is 1. The molecule has 0 bridgehead atoms. The number of nitrogens with zero attached hydrogens (tertiary/aromatic N) is 1. The molecule has 0 unspecified atom stereocenters. The van der Waals surface area contributed by atoms with E-state index in [2.05, 4.69) is 13.8 Å². The van der Waals surface area contributed by atoms with E-state index in [-0.39, 0.29) is 17.8 Å². The van der Waals surface area contributed by atoms with Crippen LogP contribution >= 0.6 is 0 Å². The van der Waals surface area contributed by atoms with Crippen molar-refractivity contribution in [2.24, 2.45) is 0 Å². The fourth-order valence-electron chi connectivity index (χ4n) is 2.53. The second kappa shape index (κ2) is 8.03. The number of anilines is 1. The predicted molar refractivity (Wildman–Crippen MR) is 82.5 cm³/mol. The number of carbonyl (C=O) groups is 1. The fourth-order valence-corrected chi connectivity index (χ4v) is 2.53. The summed E-state index contributed by atoms with van der Waals surface area (Å²) < 4.78 is 13.6. The lowest BCUT2D eigenvalue weighted by molar-refractivity contribution is -0.119. The molecule has 0 heterocycles. The third-order valence-corrected chi connectivity index (χ3v) is 3.73. The number of rotatable bonds is 7. The molecule has 0 saturated carbocycles. The van der Waals surface area contributed by atoms with Crippen molar-refractivity contribution >= 4 is 11.6 Å². The minimum atomic E-state index is -0.191. The fraction of sp³-hybridized carbons (Fsp3) is 0.588. The van der Waals surface area contributed by atoms with Crippen LogP contribution < -0.4 is 4.90 Å². The van der Waals surface area contributed by atoms with Gasteiger partial charge in [0.05, 0.1) is 0 Å². The van der Waals surface area contributed by atoms with Crippen molar-refractivity contribution in [2.45, 2.75) is 65.8 Å². The van der Waals surface area contributed by atoms with Gasteiger partial charge in [-0.1, -0.05) is 27.7 Å². The molecule has 0 fully saturated rings. The highest BCUT2D eigenvalue weighted by molar-refractivity contribution is 5.94. The van der Waals surface area contributed by atoms with Gasteiger partial charge in [-0.05, 0) is 49.4 Å². The van der Waals surface area contributed by atoms with Crippen LogP contribution in [0.25, 0.3) is 0 Å². The number of aryl methyl sites for hydroxylation is 1. The molecule has 2 nitrogen and oxygen atoms in total. The Morgan fingerprint density at radius 1 is 1.20 bits per heavy atom. The van der Waals surface area contributed by atoms with Gasteiger partial charge in [-0.15, -0.1) is 0 Å². The smallest absolute Gasteiger partial charge is 0.227 e. The van der Waals surface area contributed by atoms with Gasteiger partial charge >= 0.3 is 0 Å². The molecular weight excluding hydrogens is 253 g/mol. The molecule has 112 valence electrons. The summed E-state index contributed by atoms with van der Waals surface area (Å²) in [5.41, 5.74) is 1.50. The number of halogens is 1. The van der Waals surface area contributed by atoms with Crippen LogP contribution in [0.2, 0.25) is 0 Å². The Morgan fingerprint density at radius 2 is 1.85 bits per heavy atom. The summed E-state index contributed by atoms with van der Waals surface area (Å²) in [6.45, 7) is 8.11. The second-order valence-electron chi connectivity index (χ2n) is 5.11. The maximum absolute atomic E-state index is 13.6. The molecule has 0 N–H and O–H groups in total. The first-order valence-corrected chi connectivity index (χ1v) is 7.69. The average molecular weight is 279 g/mol. The Labute approximate surface area is 122 Å². The van der Waals surface area contributed by atoms with Gasteiger partial charge in [0.25, 0.3) is 0 Å². The van der Waals surface area contributed by atoms with Crippen LogP contribution in [0, 0.1) is 5.82 Å². The Hall–Kier alpha value is -1.38. The van der Waals surface area contributed by atoms with Crippen LogP contribution in [-0.4, -0.2) is 11.9 Å². The SMILES string of the molecule is CCCC(=O)N(c1ccc(F)c(CC)c1)C(CC)CC. The molecule has 1 aromatic carbocycles. The van der Waals surface area contributed by atoms with Crippen LogP contribution in [0.3, 0.4) is 0 Å². The van der Waals surface area contributed by atoms with Gasteiger partial charge < -0.3 is 4.90 Å². The van der Waals surface area contributed by atoms with Crippen molar-refractivity contribution in [3.05, 3.63) is 29.6 Å². The summed E-state index contributed by atoms with van der Waals surface area (Å²) in [6, 6.07) is 5.20. The van der Waals surface area contributed by atoms with Crippen molar-refractivity contribution in [1.29, 1.82) is 0 Å². The zero-order valence-electron chi connectivity index (χ0n) is 13.1. The lowest BCUT2D eigenvalue weighted by atomic mass is 10.1. The van der Waals surface area contributed by atoms with Crippen LogP contribution in [0.5, 0.6) is 0 Å². The van der Waals surface area contributed by atoms with E-state index in [1.807, 2.05) is 24.8 Å². The summed E-state index contributed by atoms with van der Waals surface area (Å²) in [6.07, 6.45) is 3.82. The summed E-state index contributed by atoms with van der Waals surface area (Å²) in [7, 11) is 0. The normalized spacial score (nSPS) is 10.9. The number of benzene rings is 1. The minimum absolute atomic E-state index is 0.134. The van der Waals surface area contributed by atoms with Crippen LogP contribution in [0.15, 0.2) is 18.2 Å². The Morgan fingerprint density at radius 3 is 2.35 bits per heavy atom. The summed E-state index contributed by atoms with van der Waals surface area (Å²) >= 11 is 0. The van der Waals surface area contributed by atoms with E-state index >= 15 is 0 Å². The number of carbonyl (C=O) groups excluding carboxylic acids is 1. The Kier molecular flexibility index (Phi) is 6.69. The molecule has 3 heteroatoms. The molecule has 1 amide bonds. The summed E-state index contributed by atoms with van der Waals surface area (Å²) in [5.74, 6) is -0.0569. The maximum atomic E-state index is 13.6. The standard InChI is InChI=1S/C17H26FNO/c1-5-9-17(20)19(14(7-3)8-4)15-10-11-16(18)13(6-2)12-15/h10-12,14H,5-9H2,1-4H3. The molecule has 0 aliphatic carbocycles. The van der Waals surface area contributed by atoms with E-state index in [4.69, 9.17) is 0 Å². The van der Waals surface area contributed by atoms with Crippen molar-refractivity contribution < 1.29 is 9.18 Å². The van der Waals surface area contributed by atoms with E-state index in [1.165, 1.54) is 6.07 Å². The third-order valence-electron chi connectivity index (χ3n) is 3.73. The molecular formula is C17H26FNO. The lowest BCUT2D eigenvalue weighted by Gasteiger charge is -2.31. The van der Waals surface area contributed by atoms with E-state index in [1.54, 1.807) is 6.07 Å². The molecule has 0 aliphatic rings. The molecule has 0 aliphatic heterocycles. The summed E-state index contributed by atoms with van der Waals surface area (Å²) in [5, 5.41) is 0. The quantitative estimate of drug-likeness (QED) is 0.708. The molecule has 0 atom stereocenters. The van der Waals surface area contributed by atoms with Gasteiger partial charge in [-0.25, -0.2) is 4.39 Å².